The van der Waals surface area contributed by atoms with Gasteiger partial charge in [0.25, 0.3) is 11.8 Å². The van der Waals surface area contributed by atoms with Gasteiger partial charge in [-0.25, -0.2) is 4.79 Å². The molecule has 0 saturated carbocycles. The van der Waals surface area contributed by atoms with E-state index >= 15 is 0 Å². The van der Waals surface area contributed by atoms with Gasteiger partial charge in [0.1, 0.15) is 0 Å². The quantitative estimate of drug-likeness (QED) is 0.584. The standard InChI is InChI=1S/C24H22N2O4/c1-2-30-24(29)20-12-14-21(15-13-20)26-23(28)19-10-8-17(9-11-19)16-25-22(27)18-6-4-3-5-7-18/h3-15H,2,16H2,1H3,(H,25,27)(H,26,28). The SMILES string of the molecule is CCOC(=O)c1ccc(NC(=O)c2ccc(CNC(=O)c3ccccc3)cc2)cc1. The number of rotatable bonds is 7. The number of amides is 2. The van der Waals surface area contributed by atoms with Crippen molar-refractivity contribution in [2.24, 2.45) is 0 Å². The Morgan fingerprint density at radius 3 is 1.97 bits per heavy atom. The fourth-order valence-electron chi connectivity index (χ4n) is 2.76. The van der Waals surface area contributed by atoms with Gasteiger partial charge < -0.3 is 15.4 Å². The van der Waals surface area contributed by atoms with Gasteiger partial charge in [-0.15, -0.1) is 0 Å². The van der Waals surface area contributed by atoms with Gasteiger partial charge in [-0.3, -0.25) is 9.59 Å². The van der Waals surface area contributed by atoms with Crippen LogP contribution in [0.1, 0.15) is 43.6 Å². The second-order valence-electron chi connectivity index (χ2n) is 6.50. The average molecular weight is 402 g/mol. The Kier molecular flexibility index (Phi) is 6.95. The minimum Gasteiger partial charge on any atom is -0.462 e. The molecule has 2 N–H and O–H groups in total. The van der Waals surface area contributed by atoms with Crippen LogP contribution in [0.3, 0.4) is 0 Å². The molecule has 0 aliphatic heterocycles. The van der Waals surface area contributed by atoms with Crippen molar-refractivity contribution in [3.8, 4) is 0 Å². The molecule has 0 aliphatic carbocycles. The summed E-state index contributed by atoms with van der Waals surface area (Å²) in [5, 5.41) is 5.64. The van der Waals surface area contributed by atoms with Gasteiger partial charge in [0.2, 0.25) is 0 Å². The number of hydrogen-bond donors (Lipinski definition) is 2. The molecule has 0 aromatic heterocycles. The maximum absolute atomic E-state index is 12.4. The molecule has 152 valence electrons. The van der Waals surface area contributed by atoms with Gasteiger partial charge in [-0.05, 0) is 61.0 Å². The number of benzene rings is 3. The molecule has 0 radical (unpaired) electrons. The Morgan fingerprint density at radius 2 is 1.33 bits per heavy atom. The van der Waals surface area contributed by atoms with Crippen LogP contribution in [0.5, 0.6) is 0 Å². The molecule has 3 aromatic carbocycles. The molecule has 0 heterocycles. The van der Waals surface area contributed by atoms with Gasteiger partial charge in [-0.1, -0.05) is 30.3 Å². The highest BCUT2D eigenvalue weighted by Gasteiger charge is 2.09. The first-order valence-corrected chi connectivity index (χ1v) is 9.57. The van der Waals surface area contributed by atoms with Crippen LogP contribution in [0.4, 0.5) is 5.69 Å². The number of hydrogen-bond acceptors (Lipinski definition) is 4. The van der Waals surface area contributed by atoms with Gasteiger partial charge in [0.15, 0.2) is 0 Å². The van der Waals surface area contributed by atoms with Crippen molar-refractivity contribution >= 4 is 23.5 Å². The van der Waals surface area contributed by atoms with Gasteiger partial charge in [0, 0.05) is 23.4 Å². The number of anilines is 1. The summed E-state index contributed by atoms with van der Waals surface area (Å²) < 4.78 is 4.94. The molecular weight excluding hydrogens is 380 g/mol. The zero-order valence-electron chi connectivity index (χ0n) is 16.6. The summed E-state index contributed by atoms with van der Waals surface area (Å²) in [6.45, 7) is 2.42. The predicted octanol–water partition coefficient (Wildman–Crippen LogP) is 4.05. The van der Waals surface area contributed by atoms with E-state index in [1.165, 1.54) is 0 Å². The Balaban J connectivity index is 1.54. The molecule has 0 spiro atoms. The lowest BCUT2D eigenvalue weighted by atomic mass is 10.1. The van der Waals surface area contributed by atoms with Crippen LogP contribution in [-0.4, -0.2) is 24.4 Å². The van der Waals surface area contributed by atoms with Crippen molar-refractivity contribution < 1.29 is 19.1 Å². The summed E-state index contributed by atoms with van der Waals surface area (Å²) >= 11 is 0. The molecule has 6 nitrogen and oxygen atoms in total. The van der Waals surface area contributed by atoms with Crippen molar-refractivity contribution in [3.63, 3.8) is 0 Å². The van der Waals surface area contributed by atoms with E-state index in [4.69, 9.17) is 4.74 Å². The predicted molar refractivity (Wildman–Crippen MR) is 114 cm³/mol. The van der Waals surface area contributed by atoms with Gasteiger partial charge in [0.05, 0.1) is 12.2 Å². The van der Waals surface area contributed by atoms with E-state index in [1.807, 2.05) is 18.2 Å². The van der Waals surface area contributed by atoms with E-state index in [2.05, 4.69) is 10.6 Å². The highest BCUT2D eigenvalue weighted by molar-refractivity contribution is 6.04. The van der Waals surface area contributed by atoms with E-state index < -0.39 is 5.97 Å². The van der Waals surface area contributed by atoms with E-state index in [0.717, 1.165) is 5.56 Å². The Labute approximate surface area is 174 Å². The third kappa shape index (κ3) is 5.54. The maximum Gasteiger partial charge on any atom is 0.338 e. The minimum atomic E-state index is -0.398. The third-order valence-corrected chi connectivity index (χ3v) is 4.36. The second-order valence-corrected chi connectivity index (χ2v) is 6.50. The van der Waals surface area contributed by atoms with Crippen LogP contribution in [0.2, 0.25) is 0 Å². The molecule has 0 aliphatic rings. The third-order valence-electron chi connectivity index (χ3n) is 4.36. The molecule has 0 fully saturated rings. The summed E-state index contributed by atoms with van der Waals surface area (Å²) in [6, 6.07) is 22.5. The lowest BCUT2D eigenvalue weighted by molar-refractivity contribution is 0.0526. The zero-order valence-corrected chi connectivity index (χ0v) is 16.6. The molecule has 2 amide bonds. The van der Waals surface area contributed by atoms with Crippen LogP contribution < -0.4 is 10.6 Å². The van der Waals surface area contributed by atoms with Crippen LogP contribution >= 0.6 is 0 Å². The van der Waals surface area contributed by atoms with Crippen molar-refractivity contribution in [1.29, 1.82) is 0 Å². The highest BCUT2D eigenvalue weighted by Crippen LogP contribution is 2.13. The van der Waals surface area contributed by atoms with Crippen LogP contribution in [0.15, 0.2) is 78.9 Å². The minimum absolute atomic E-state index is 0.149. The molecule has 0 saturated heterocycles. The van der Waals surface area contributed by atoms with E-state index in [1.54, 1.807) is 67.6 Å². The number of ether oxygens (including phenoxy) is 1. The summed E-state index contributed by atoms with van der Waals surface area (Å²) in [7, 11) is 0. The van der Waals surface area contributed by atoms with Crippen molar-refractivity contribution in [2.75, 3.05) is 11.9 Å². The summed E-state index contributed by atoms with van der Waals surface area (Å²) in [4.78, 5) is 36.2. The zero-order chi connectivity index (χ0) is 21.3. The fourth-order valence-corrected chi connectivity index (χ4v) is 2.76. The molecule has 0 bridgehead atoms. The first kappa shape index (κ1) is 20.8. The van der Waals surface area contributed by atoms with Crippen molar-refractivity contribution in [1.82, 2.24) is 5.32 Å². The normalized spacial score (nSPS) is 10.2. The first-order chi connectivity index (χ1) is 14.6. The monoisotopic (exact) mass is 402 g/mol. The van der Waals surface area contributed by atoms with E-state index in [-0.39, 0.29) is 11.8 Å². The molecule has 30 heavy (non-hydrogen) atoms. The average Bonchev–Trinajstić information content (AvgIpc) is 2.79. The largest absolute Gasteiger partial charge is 0.462 e. The fraction of sp³-hybridized carbons (Fsp3) is 0.125. The summed E-state index contributed by atoms with van der Waals surface area (Å²) in [6.07, 6.45) is 0. The topological polar surface area (TPSA) is 84.5 Å². The Hall–Kier alpha value is -3.93. The van der Waals surface area contributed by atoms with Crippen molar-refractivity contribution in [2.45, 2.75) is 13.5 Å². The highest BCUT2D eigenvalue weighted by atomic mass is 16.5. The molecule has 3 rings (SSSR count). The van der Waals surface area contributed by atoms with Crippen LogP contribution in [0.25, 0.3) is 0 Å². The molecule has 0 unspecified atom stereocenters. The molecular formula is C24H22N2O4. The van der Waals surface area contributed by atoms with E-state index in [9.17, 15) is 14.4 Å². The molecule has 3 aromatic rings. The lowest BCUT2D eigenvalue weighted by Gasteiger charge is -2.08. The van der Waals surface area contributed by atoms with Gasteiger partial charge in [-0.2, -0.15) is 0 Å². The lowest BCUT2D eigenvalue weighted by Crippen LogP contribution is -2.22. The Bertz CT molecular complexity index is 1010. The van der Waals surface area contributed by atoms with Crippen LogP contribution in [0, 0.1) is 0 Å². The molecule has 6 heteroatoms. The van der Waals surface area contributed by atoms with Gasteiger partial charge >= 0.3 is 5.97 Å². The Morgan fingerprint density at radius 1 is 0.733 bits per heavy atom. The number of nitrogens with one attached hydrogen (secondary N) is 2. The molecule has 0 atom stereocenters. The first-order valence-electron chi connectivity index (χ1n) is 9.57. The number of esters is 1. The maximum atomic E-state index is 12.4. The summed E-state index contributed by atoms with van der Waals surface area (Å²) in [5.74, 6) is -0.812. The van der Waals surface area contributed by atoms with Crippen LogP contribution in [-0.2, 0) is 11.3 Å². The summed E-state index contributed by atoms with van der Waals surface area (Å²) in [5.41, 5.74) is 2.98. The number of carbonyl (C=O) groups excluding carboxylic acids is 3. The number of carbonyl (C=O) groups is 3. The van der Waals surface area contributed by atoms with E-state index in [0.29, 0.717) is 35.5 Å². The second kappa shape index (κ2) is 10.0. The smallest absolute Gasteiger partial charge is 0.338 e. The van der Waals surface area contributed by atoms with Crippen molar-refractivity contribution in [3.05, 3.63) is 101 Å².